The molecule has 0 spiro atoms. The lowest BCUT2D eigenvalue weighted by atomic mass is 10.1. The SMILES string of the molecule is Cc1ccc(CN=C(N)NCCC(C)C)c(OCC(F)(F)F)c1.I. The summed E-state index contributed by atoms with van der Waals surface area (Å²) in [5.41, 5.74) is 7.13. The van der Waals surface area contributed by atoms with Crippen LogP contribution in [0.3, 0.4) is 0 Å². The molecule has 0 fully saturated rings. The molecular formula is C16H25F3IN3O. The maximum absolute atomic E-state index is 12.3. The van der Waals surface area contributed by atoms with Gasteiger partial charge in [0.15, 0.2) is 12.6 Å². The van der Waals surface area contributed by atoms with Crippen molar-refractivity contribution in [1.82, 2.24) is 5.32 Å². The fraction of sp³-hybridized carbons (Fsp3) is 0.562. The number of hydrogen-bond donors (Lipinski definition) is 2. The molecule has 0 aliphatic carbocycles. The molecule has 1 rings (SSSR count). The van der Waals surface area contributed by atoms with Gasteiger partial charge in [0.25, 0.3) is 0 Å². The zero-order valence-electron chi connectivity index (χ0n) is 14.1. The van der Waals surface area contributed by atoms with Crippen LogP contribution in [0.1, 0.15) is 31.4 Å². The van der Waals surface area contributed by atoms with E-state index in [0.29, 0.717) is 18.0 Å². The van der Waals surface area contributed by atoms with E-state index in [4.69, 9.17) is 10.5 Å². The van der Waals surface area contributed by atoms with Gasteiger partial charge < -0.3 is 15.8 Å². The van der Waals surface area contributed by atoms with E-state index in [9.17, 15) is 13.2 Å². The van der Waals surface area contributed by atoms with Gasteiger partial charge in [-0.3, -0.25) is 0 Å². The van der Waals surface area contributed by atoms with Crippen LogP contribution in [0.25, 0.3) is 0 Å². The molecule has 1 aromatic rings. The molecule has 0 aromatic heterocycles. The molecule has 3 N–H and O–H groups in total. The van der Waals surface area contributed by atoms with E-state index in [1.165, 1.54) is 0 Å². The quantitative estimate of drug-likeness (QED) is 0.368. The maximum Gasteiger partial charge on any atom is 0.422 e. The van der Waals surface area contributed by atoms with E-state index < -0.39 is 12.8 Å². The van der Waals surface area contributed by atoms with E-state index in [1.807, 2.05) is 0 Å². The van der Waals surface area contributed by atoms with Crippen molar-refractivity contribution in [2.45, 2.75) is 39.9 Å². The number of aliphatic imine (C=N–C) groups is 1. The van der Waals surface area contributed by atoms with Gasteiger partial charge >= 0.3 is 6.18 Å². The molecule has 0 aliphatic rings. The summed E-state index contributed by atoms with van der Waals surface area (Å²) in [5.74, 6) is 1.00. The van der Waals surface area contributed by atoms with Crippen LogP contribution in [-0.4, -0.2) is 25.3 Å². The molecule has 0 amide bonds. The van der Waals surface area contributed by atoms with Crippen LogP contribution in [-0.2, 0) is 6.54 Å². The number of nitrogens with zero attached hydrogens (tertiary/aromatic N) is 1. The third kappa shape index (κ3) is 9.84. The number of hydrogen-bond acceptors (Lipinski definition) is 2. The summed E-state index contributed by atoms with van der Waals surface area (Å²) in [7, 11) is 0. The molecule has 0 saturated heterocycles. The van der Waals surface area contributed by atoms with Gasteiger partial charge in [0, 0.05) is 12.1 Å². The number of ether oxygens (including phenoxy) is 1. The average Bonchev–Trinajstić information content (AvgIpc) is 2.43. The number of nitrogens with one attached hydrogen (secondary N) is 1. The Kier molecular flexibility index (Phi) is 10.1. The average molecular weight is 459 g/mol. The molecule has 0 atom stereocenters. The fourth-order valence-electron chi connectivity index (χ4n) is 1.80. The van der Waals surface area contributed by atoms with E-state index >= 15 is 0 Å². The second kappa shape index (κ2) is 10.6. The second-order valence-corrected chi connectivity index (χ2v) is 5.83. The van der Waals surface area contributed by atoms with E-state index in [-0.39, 0.29) is 42.2 Å². The lowest BCUT2D eigenvalue weighted by Gasteiger charge is -2.13. The van der Waals surface area contributed by atoms with Crippen molar-refractivity contribution in [3.63, 3.8) is 0 Å². The van der Waals surface area contributed by atoms with Gasteiger partial charge in [0.05, 0.1) is 6.54 Å². The van der Waals surface area contributed by atoms with E-state index in [1.54, 1.807) is 25.1 Å². The normalized spacial score (nSPS) is 12.0. The van der Waals surface area contributed by atoms with Gasteiger partial charge in [0.2, 0.25) is 0 Å². The number of aryl methyl sites for hydroxylation is 1. The molecule has 0 radical (unpaired) electrons. The Balaban J connectivity index is 0.00000529. The lowest BCUT2D eigenvalue weighted by molar-refractivity contribution is -0.153. The van der Waals surface area contributed by atoms with Crippen molar-refractivity contribution in [2.75, 3.05) is 13.2 Å². The summed E-state index contributed by atoms with van der Waals surface area (Å²) in [4.78, 5) is 4.15. The van der Waals surface area contributed by atoms with Gasteiger partial charge in [0.1, 0.15) is 5.75 Å². The van der Waals surface area contributed by atoms with Crippen LogP contribution >= 0.6 is 24.0 Å². The highest BCUT2D eigenvalue weighted by molar-refractivity contribution is 14.0. The van der Waals surface area contributed by atoms with Gasteiger partial charge in [-0.15, -0.1) is 24.0 Å². The number of rotatable bonds is 7. The Morgan fingerprint density at radius 1 is 1.33 bits per heavy atom. The van der Waals surface area contributed by atoms with Crippen molar-refractivity contribution >= 4 is 29.9 Å². The molecule has 8 heteroatoms. The number of nitrogens with two attached hydrogens (primary N) is 1. The Bertz CT molecular complexity index is 534. The summed E-state index contributed by atoms with van der Waals surface area (Å²) in [6.45, 7) is 5.54. The zero-order chi connectivity index (χ0) is 17.5. The first-order chi connectivity index (χ1) is 10.7. The minimum absolute atomic E-state index is 0. The standard InChI is InChI=1S/C16H24F3N3O.HI/c1-11(2)6-7-21-15(20)22-9-13-5-4-12(3)8-14(13)23-10-16(17,18)19;/h4-5,8,11H,6-7,9-10H2,1-3H3,(H3,20,21,22);1H. The first-order valence-electron chi connectivity index (χ1n) is 7.50. The smallest absolute Gasteiger partial charge is 0.422 e. The summed E-state index contributed by atoms with van der Waals surface area (Å²) >= 11 is 0. The monoisotopic (exact) mass is 459 g/mol. The summed E-state index contributed by atoms with van der Waals surface area (Å²) in [6, 6.07) is 5.07. The molecule has 24 heavy (non-hydrogen) atoms. The molecule has 0 bridgehead atoms. The third-order valence-electron chi connectivity index (χ3n) is 3.06. The highest BCUT2D eigenvalue weighted by Gasteiger charge is 2.28. The van der Waals surface area contributed by atoms with Crippen molar-refractivity contribution in [1.29, 1.82) is 0 Å². The molecule has 0 unspecified atom stereocenters. The van der Waals surface area contributed by atoms with Crippen molar-refractivity contribution < 1.29 is 17.9 Å². The first-order valence-corrected chi connectivity index (χ1v) is 7.50. The highest BCUT2D eigenvalue weighted by atomic mass is 127. The molecule has 4 nitrogen and oxygen atoms in total. The minimum atomic E-state index is -4.37. The van der Waals surface area contributed by atoms with Gasteiger partial charge in [-0.2, -0.15) is 13.2 Å². The van der Waals surface area contributed by atoms with Gasteiger partial charge in [-0.05, 0) is 30.9 Å². The maximum atomic E-state index is 12.3. The van der Waals surface area contributed by atoms with Crippen LogP contribution in [0.5, 0.6) is 5.75 Å². The van der Waals surface area contributed by atoms with Crippen LogP contribution in [0, 0.1) is 12.8 Å². The second-order valence-electron chi connectivity index (χ2n) is 5.83. The first kappa shape index (κ1) is 22.8. The van der Waals surface area contributed by atoms with Crippen molar-refractivity contribution in [2.24, 2.45) is 16.6 Å². The van der Waals surface area contributed by atoms with Gasteiger partial charge in [-0.25, -0.2) is 4.99 Å². The molecular weight excluding hydrogens is 434 g/mol. The Morgan fingerprint density at radius 3 is 2.58 bits per heavy atom. The van der Waals surface area contributed by atoms with Crippen LogP contribution in [0.15, 0.2) is 23.2 Å². The summed E-state index contributed by atoms with van der Waals surface area (Å²) in [6.07, 6.45) is -3.41. The molecule has 0 saturated carbocycles. The van der Waals surface area contributed by atoms with Crippen LogP contribution in [0.2, 0.25) is 0 Å². The highest BCUT2D eigenvalue weighted by Crippen LogP contribution is 2.24. The molecule has 0 heterocycles. The zero-order valence-corrected chi connectivity index (χ0v) is 16.4. The summed E-state index contributed by atoms with van der Waals surface area (Å²) < 4.78 is 41.8. The van der Waals surface area contributed by atoms with Crippen LogP contribution in [0.4, 0.5) is 13.2 Å². The molecule has 0 aliphatic heterocycles. The number of alkyl halides is 3. The van der Waals surface area contributed by atoms with Gasteiger partial charge in [-0.1, -0.05) is 26.0 Å². The van der Waals surface area contributed by atoms with Crippen molar-refractivity contribution in [3.8, 4) is 5.75 Å². The Hall–Kier alpha value is -1.19. The van der Waals surface area contributed by atoms with E-state index in [0.717, 1.165) is 12.0 Å². The third-order valence-corrected chi connectivity index (χ3v) is 3.06. The topological polar surface area (TPSA) is 59.6 Å². The van der Waals surface area contributed by atoms with Crippen LogP contribution < -0.4 is 15.8 Å². The summed E-state index contributed by atoms with van der Waals surface area (Å²) in [5, 5.41) is 2.98. The predicted octanol–water partition coefficient (Wildman–Crippen LogP) is 4.00. The number of halogens is 4. The Morgan fingerprint density at radius 2 is 2.00 bits per heavy atom. The molecule has 138 valence electrons. The number of guanidine groups is 1. The minimum Gasteiger partial charge on any atom is -0.484 e. The lowest BCUT2D eigenvalue weighted by Crippen LogP contribution is -2.32. The van der Waals surface area contributed by atoms with Crippen molar-refractivity contribution in [3.05, 3.63) is 29.3 Å². The van der Waals surface area contributed by atoms with E-state index in [2.05, 4.69) is 24.2 Å². The largest absolute Gasteiger partial charge is 0.484 e. The Labute approximate surface area is 158 Å². The predicted molar refractivity (Wildman–Crippen MR) is 101 cm³/mol. The fourth-order valence-corrected chi connectivity index (χ4v) is 1.80. The molecule has 1 aromatic carbocycles. The number of benzene rings is 1.